The molecule has 0 spiro atoms. The van der Waals surface area contributed by atoms with Gasteiger partial charge in [-0.05, 0) is 29.2 Å². The largest absolute Gasteiger partial charge is 0.329 e. The molecule has 4 rings (SSSR count). The minimum Gasteiger partial charge on any atom is -0.329 e. The lowest BCUT2D eigenvalue weighted by atomic mass is 9.99. The van der Waals surface area contributed by atoms with Gasteiger partial charge in [-0.3, -0.25) is 4.79 Å². The third kappa shape index (κ3) is 5.18. The van der Waals surface area contributed by atoms with E-state index in [1.165, 1.54) is 16.0 Å². The Balaban J connectivity index is 1.43. The van der Waals surface area contributed by atoms with Crippen LogP contribution in [0.15, 0.2) is 66.7 Å². The van der Waals surface area contributed by atoms with Crippen molar-refractivity contribution in [3.63, 3.8) is 0 Å². The molecule has 2 atom stereocenters. The van der Waals surface area contributed by atoms with Crippen LogP contribution in [-0.4, -0.2) is 56.4 Å². The van der Waals surface area contributed by atoms with Crippen LogP contribution in [0.25, 0.3) is 5.57 Å². The monoisotopic (exact) mass is 425 g/mol. The van der Waals surface area contributed by atoms with Crippen LogP contribution in [0.2, 0.25) is 0 Å². The number of carbonyl (C=O) groups is 1. The molecular weight excluding hydrogens is 396 g/mol. The van der Waals surface area contributed by atoms with E-state index in [9.17, 15) is 13.2 Å². The first-order valence-electron chi connectivity index (χ1n) is 10.6. The zero-order valence-electron chi connectivity index (χ0n) is 17.2. The Morgan fingerprint density at radius 3 is 2.33 bits per heavy atom. The van der Waals surface area contributed by atoms with Crippen molar-refractivity contribution in [1.82, 2.24) is 4.90 Å². The standard InChI is InChI=1S/C24H28N2O3S/c27-24(18-25-14-11-22(12-15-25)21-9-5-2-6-10-21)26(17-20-7-3-1-4-8-20)23-13-16-30(28,29)19-23/h1-11,23H,12-19H2/p+1/t23-/m1/s1. The van der Waals surface area contributed by atoms with Gasteiger partial charge < -0.3 is 9.80 Å². The Hall–Kier alpha value is -2.44. The number of sulfone groups is 1. The molecule has 0 aromatic heterocycles. The molecule has 2 aliphatic rings. The molecule has 2 heterocycles. The van der Waals surface area contributed by atoms with Gasteiger partial charge in [0.05, 0.1) is 24.6 Å². The van der Waals surface area contributed by atoms with E-state index >= 15 is 0 Å². The number of hydrogen-bond donors (Lipinski definition) is 1. The van der Waals surface area contributed by atoms with E-state index in [2.05, 4.69) is 30.3 Å². The van der Waals surface area contributed by atoms with E-state index in [-0.39, 0.29) is 23.5 Å². The average molecular weight is 426 g/mol. The first-order valence-corrected chi connectivity index (χ1v) is 12.4. The molecule has 2 aromatic rings. The van der Waals surface area contributed by atoms with Gasteiger partial charge in [0.25, 0.3) is 5.91 Å². The van der Waals surface area contributed by atoms with Crippen molar-refractivity contribution < 1.29 is 18.1 Å². The lowest BCUT2D eigenvalue weighted by molar-refractivity contribution is -0.887. The van der Waals surface area contributed by atoms with Crippen LogP contribution in [0.5, 0.6) is 0 Å². The molecule has 0 aliphatic carbocycles. The van der Waals surface area contributed by atoms with E-state index < -0.39 is 9.84 Å². The fourth-order valence-corrected chi connectivity index (χ4v) is 6.13. The number of hydrogen-bond acceptors (Lipinski definition) is 3. The van der Waals surface area contributed by atoms with E-state index in [1.54, 1.807) is 0 Å². The van der Waals surface area contributed by atoms with Crippen molar-refractivity contribution in [1.29, 1.82) is 0 Å². The van der Waals surface area contributed by atoms with Gasteiger partial charge >= 0.3 is 0 Å². The molecule has 0 bridgehead atoms. The summed E-state index contributed by atoms with van der Waals surface area (Å²) >= 11 is 0. The summed E-state index contributed by atoms with van der Waals surface area (Å²) in [6, 6.07) is 20.0. The molecule has 158 valence electrons. The predicted octanol–water partition coefficient (Wildman–Crippen LogP) is 1.57. The smallest absolute Gasteiger partial charge is 0.278 e. The maximum atomic E-state index is 13.3. The maximum Gasteiger partial charge on any atom is 0.278 e. The summed E-state index contributed by atoms with van der Waals surface area (Å²) < 4.78 is 24.1. The zero-order valence-corrected chi connectivity index (χ0v) is 18.0. The summed E-state index contributed by atoms with van der Waals surface area (Å²) in [4.78, 5) is 16.3. The van der Waals surface area contributed by atoms with Gasteiger partial charge in [-0.1, -0.05) is 60.7 Å². The van der Waals surface area contributed by atoms with Crippen LogP contribution < -0.4 is 4.90 Å². The number of rotatable bonds is 6. The van der Waals surface area contributed by atoms with Crippen molar-refractivity contribution in [2.24, 2.45) is 0 Å². The Bertz CT molecular complexity index is 1000. The van der Waals surface area contributed by atoms with Crippen LogP contribution in [0.3, 0.4) is 0 Å². The highest BCUT2D eigenvalue weighted by atomic mass is 32.2. The van der Waals surface area contributed by atoms with Gasteiger partial charge in [0.15, 0.2) is 16.4 Å². The molecule has 30 heavy (non-hydrogen) atoms. The van der Waals surface area contributed by atoms with Gasteiger partial charge in [0.2, 0.25) is 0 Å². The lowest BCUT2D eigenvalue weighted by Gasteiger charge is -2.31. The first kappa shape index (κ1) is 20.8. The number of quaternary nitrogens is 1. The summed E-state index contributed by atoms with van der Waals surface area (Å²) in [6.07, 6.45) is 3.72. The van der Waals surface area contributed by atoms with Crippen LogP contribution in [0, 0.1) is 0 Å². The topological polar surface area (TPSA) is 58.9 Å². The molecule has 0 radical (unpaired) electrons. The summed E-state index contributed by atoms with van der Waals surface area (Å²) in [5.41, 5.74) is 3.63. The van der Waals surface area contributed by atoms with Crippen LogP contribution in [-0.2, 0) is 21.2 Å². The van der Waals surface area contributed by atoms with Crippen molar-refractivity contribution in [2.45, 2.75) is 25.4 Å². The van der Waals surface area contributed by atoms with E-state index in [0.29, 0.717) is 19.5 Å². The van der Waals surface area contributed by atoms with E-state index in [4.69, 9.17) is 0 Å². The average Bonchev–Trinajstić information content (AvgIpc) is 3.13. The van der Waals surface area contributed by atoms with Crippen LogP contribution >= 0.6 is 0 Å². The van der Waals surface area contributed by atoms with Gasteiger partial charge in [-0.25, -0.2) is 8.42 Å². The van der Waals surface area contributed by atoms with Crippen molar-refractivity contribution in [2.75, 3.05) is 31.1 Å². The third-order valence-corrected chi connectivity index (χ3v) is 7.85. The number of carbonyl (C=O) groups excluding carboxylic acids is 1. The minimum atomic E-state index is -3.05. The van der Waals surface area contributed by atoms with Crippen LogP contribution in [0.4, 0.5) is 0 Å². The second-order valence-electron chi connectivity index (χ2n) is 8.29. The molecule has 0 saturated carbocycles. The molecular formula is C24H29N2O3S+. The fraction of sp³-hybridized carbons (Fsp3) is 0.375. The Kier molecular flexibility index (Phi) is 6.35. The number of nitrogens with one attached hydrogen (secondary N) is 1. The molecule has 1 N–H and O–H groups in total. The Morgan fingerprint density at radius 2 is 1.73 bits per heavy atom. The molecule has 1 fully saturated rings. The third-order valence-electron chi connectivity index (χ3n) is 6.10. The highest BCUT2D eigenvalue weighted by Gasteiger charge is 2.36. The van der Waals surface area contributed by atoms with Crippen molar-refractivity contribution >= 4 is 21.3 Å². The number of nitrogens with zero attached hydrogens (tertiary/aromatic N) is 1. The van der Waals surface area contributed by atoms with Crippen molar-refractivity contribution in [3.8, 4) is 0 Å². The Labute approximate surface area is 178 Å². The fourth-order valence-electron chi connectivity index (χ4n) is 4.40. The highest BCUT2D eigenvalue weighted by molar-refractivity contribution is 7.91. The van der Waals surface area contributed by atoms with Gasteiger partial charge in [-0.2, -0.15) is 0 Å². The maximum absolute atomic E-state index is 13.3. The minimum absolute atomic E-state index is 0.0486. The molecule has 1 unspecified atom stereocenters. The summed E-state index contributed by atoms with van der Waals surface area (Å²) in [7, 11) is -3.05. The summed E-state index contributed by atoms with van der Waals surface area (Å²) in [6.45, 7) is 2.60. The summed E-state index contributed by atoms with van der Waals surface area (Å²) in [5.74, 6) is 0.307. The normalized spacial score (nSPS) is 23.0. The predicted molar refractivity (Wildman–Crippen MR) is 119 cm³/mol. The molecule has 6 heteroatoms. The highest BCUT2D eigenvalue weighted by Crippen LogP contribution is 2.21. The van der Waals surface area contributed by atoms with E-state index in [1.807, 2.05) is 41.3 Å². The molecule has 1 amide bonds. The molecule has 1 saturated heterocycles. The lowest BCUT2D eigenvalue weighted by Crippen LogP contribution is -3.13. The van der Waals surface area contributed by atoms with E-state index in [0.717, 1.165) is 25.1 Å². The number of amides is 1. The van der Waals surface area contributed by atoms with Gasteiger partial charge in [0, 0.05) is 19.0 Å². The van der Waals surface area contributed by atoms with Crippen LogP contribution in [0.1, 0.15) is 24.0 Å². The second kappa shape index (κ2) is 9.14. The van der Waals surface area contributed by atoms with Gasteiger partial charge in [-0.15, -0.1) is 0 Å². The van der Waals surface area contributed by atoms with Gasteiger partial charge in [0.1, 0.15) is 0 Å². The molecule has 5 nitrogen and oxygen atoms in total. The van der Waals surface area contributed by atoms with Crippen molar-refractivity contribution in [3.05, 3.63) is 77.9 Å². The quantitative estimate of drug-likeness (QED) is 0.765. The zero-order chi connectivity index (χ0) is 21.0. The number of benzene rings is 2. The Morgan fingerprint density at radius 1 is 1.03 bits per heavy atom. The second-order valence-corrected chi connectivity index (χ2v) is 10.5. The first-order chi connectivity index (χ1) is 14.5. The molecule has 2 aliphatic heterocycles. The SMILES string of the molecule is O=C(C[NH+]1CC=C(c2ccccc2)CC1)N(Cc1ccccc1)[C@@H]1CCS(=O)(=O)C1. The summed E-state index contributed by atoms with van der Waals surface area (Å²) in [5, 5.41) is 0. The molecule has 2 aromatic carbocycles.